The van der Waals surface area contributed by atoms with Gasteiger partial charge in [0.15, 0.2) is 0 Å². The van der Waals surface area contributed by atoms with Crippen LogP contribution >= 0.6 is 0 Å². The first-order valence-corrected chi connectivity index (χ1v) is 5.35. The molecule has 0 aliphatic carbocycles. The summed E-state index contributed by atoms with van der Waals surface area (Å²) in [5.41, 5.74) is 0. The fourth-order valence-corrected chi connectivity index (χ4v) is 2.37. The average Bonchev–Trinajstić information content (AvgIpc) is 2.42. The molecule has 4 nitrogen and oxygen atoms in total. The van der Waals surface area contributed by atoms with Crippen molar-refractivity contribution in [3.63, 3.8) is 0 Å². The number of urea groups is 1. The third-order valence-electron chi connectivity index (χ3n) is 3.30. The Balaban J connectivity index is 2.03. The van der Waals surface area contributed by atoms with Gasteiger partial charge in [0.05, 0.1) is 6.04 Å². The van der Waals surface area contributed by atoms with E-state index in [1.807, 2.05) is 16.8 Å². The highest BCUT2D eigenvalue weighted by atomic mass is 16.2. The largest absolute Gasteiger partial charge is 0.326 e. The number of nitrogens with zero attached hydrogens (tertiary/aromatic N) is 3. The Hall–Kier alpha value is -0.770. The number of likely N-dealkylation sites (N-methyl/N-ethyl adjacent to an activating group) is 1. The standard InChI is InChI=1S/C10H19N3O/c1-8(2)12-4-5-13-9(7-12)6-11(3)10(13)14/h8-9H,4-7H2,1-3H3/t9-/m0/s1. The van der Waals surface area contributed by atoms with Crippen LogP contribution < -0.4 is 0 Å². The monoisotopic (exact) mass is 197 g/mol. The highest BCUT2D eigenvalue weighted by Gasteiger charge is 2.39. The molecule has 2 rings (SSSR count). The summed E-state index contributed by atoms with van der Waals surface area (Å²) in [7, 11) is 1.89. The van der Waals surface area contributed by atoms with Gasteiger partial charge in [-0.05, 0) is 13.8 Å². The second kappa shape index (κ2) is 3.42. The fourth-order valence-electron chi connectivity index (χ4n) is 2.37. The van der Waals surface area contributed by atoms with Crippen LogP contribution in [0.3, 0.4) is 0 Å². The third-order valence-corrected chi connectivity index (χ3v) is 3.30. The summed E-state index contributed by atoms with van der Waals surface area (Å²) in [5, 5.41) is 0. The Morgan fingerprint density at radius 2 is 2.00 bits per heavy atom. The molecule has 14 heavy (non-hydrogen) atoms. The topological polar surface area (TPSA) is 26.8 Å². The number of amides is 2. The molecule has 0 aromatic carbocycles. The minimum atomic E-state index is 0.207. The minimum absolute atomic E-state index is 0.207. The molecule has 2 fully saturated rings. The van der Waals surface area contributed by atoms with Crippen molar-refractivity contribution in [2.75, 3.05) is 33.2 Å². The maximum Gasteiger partial charge on any atom is 0.320 e. The third kappa shape index (κ3) is 1.47. The number of carbonyl (C=O) groups excluding carboxylic acids is 1. The van der Waals surface area contributed by atoms with Crippen LogP contribution in [-0.2, 0) is 0 Å². The molecule has 0 aromatic heterocycles. The van der Waals surface area contributed by atoms with Gasteiger partial charge in [-0.15, -0.1) is 0 Å². The molecule has 2 heterocycles. The number of fused-ring (bicyclic) bond motifs is 1. The van der Waals surface area contributed by atoms with E-state index in [9.17, 15) is 4.79 Å². The SMILES string of the molecule is CC(C)N1CCN2C(=O)N(C)C[C@H]2C1. The van der Waals surface area contributed by atoms with Crippen LogP contribution in [-0.4, -0.2) is 66.0 Å². The molecule has 4 heteroatoms. The van der Waals surface area contributed by atoms with E-state index in [2.05, 4.69) is 18.7 Å². The van der Waals surface area contributed by atoms with E-state index >= 15 is 0 Å². The number of hydrogen-bond donors (Lipinski definition) is 0. The van der Waals surface area contributed by atoms with Crippen LogP contribution in [0.1, 0.15) is 13.8 Å². The molecule has 0 unspecified atom stereocenters. The lowest BCUT2D eigenvalue weighted by Gasteiger charge is -2.38. The highest BCUT2D eigenvalue weighted by molar-refractivity contribution is 5.77. The van der Waals surface area contributed by atoms with Crippen LogP contribution in [0.5, 0.6) is 0 Å². The molecular weight excluding hydrogens is 178 g/mol. The van der Waals surface area contributed by atoms with Gasteiger partial charge in [0.1, 0.15) is 0 Å². The quantitative estimate of drug-likeness (QED) is 0.610. The normalized spacial score (nSPS) is 28.9. The molecule has 0 aromatic rings. The summed E-state index contributed by atoms with van der Waals surface area (Å²) >= 11 is 0. The first kappa shape index (κ1) is 9.77. The predicted molar refractivity (Wildman–Crippen MR) is 55.2 cm³/mol. The summed E-state index contributed by atoms with van der Waals surface area (Å²) in [6, 6.07) is 1.22. The van der Waals surface area contributed by atoms with E-state index in [1.54, 1.807) is 0 Å². The zero-order valence-electron chi connectivity index (χ0n) is 9.23. The first-order valence-electron chi connectivity index (χ1n) is 5.35. The van der Waals surface area contributed by atoms with E-state index in [0.717, 1.165) is 26.2 Å². The predicted octanol–water partition coefficient (Wildman–Crippen LogP) is 0.446. The van der Waals surface area contributed by atoms with Crippen molar-refractivity contribution >= 4 is 6.03 Å². The average molecular weight is 197 g/mol. The van der Waals surface area contributed by atoms with Crippen LogP contribution in [0.25, 0.3) is 0 Å². The Kier molecular flexibility index (Phi) is 2.39. The molecule has 0 N–H and O–H groups in total. The van der Waals surface area contributed by atoms with Gasteiger partial charge in [0, 0.05) is 39.3 Å². The van der Waals surface area contributed by atoms with E-state index in [-0.39, 0.29) is 6.03 Å². The lowest BCUT2D eigenvalue weighted by molar-refractivity contribution is 0.0996. The van der Waals surface area contributed by atoms with Crippen LogP contribution in [0.15, 0.2) is 0 Å². The van der Waals surface area contributed by atoms with Gasteiger partial charge in [0.2, 0.25) is 0 Å². The Labute approximate surface area is 85.5 Å². The first-order chi connectivity index (χ1) is 6.59. The summed E-state index contributed by atoms with van der Waals surface area (Å²) in [6.45, 7) is 8.28. The molecule has 0 spiro atoms. The minimum Gasteiger partial charge on any atom is -0.326 e. The molecule has 2 aliphatic heterocycles. The van der Waals surface area contributed by atoms with E-state index in [4.69, 9.17) is 0 Å². The number of piperazine rings is 1. The Morgan fingerprint density at radius 3 is 2.64 bits per heavy atom. The molecule has 0 radical (unpaired) electrons. The zero-order valence-corrected chi connectivity index (χ0v) is 9.23. The van der Waals surface area contributed by atoms with Crippen molar-refractivity contribution in [3.8, 4) is 0 Å². The Bertz CT molecular complexity index is 242. The van der Waals surface area contributed by atoms with Crippen molar-refractivity contribution in [3.05, 3.63) is 0 Å². The van der Waals surface area contributed by atoms with Gasteiger partial charge < -0.3 is 9.80 Å². The molecule has 80 valence electrons. The molecule has 2 saturated heterocycles. The summed E-state index contributed by atoms with van der Waals surface area (Å²) in [6.07, 6.45) is 0. The maximum absolute atomic E-state index is 11.6. The van der Waals surface area contributed by atoms with Gasteiger partial charge in [0.25, 0.3) is 0 Å². The van der Waals surface area contributed by atoms with Crippen LogP contribution in [0, 0.1) is 0 Å². The molecule has 1 atom stereocenters. The Morgan fingerprint density at radius 1 is 1.29 bits per heavy atom. The lowest BCUT2D eigenvalue weighted by Crippen LogP contribution is -2.53. The van der Waals surface area contributed by atoms with Crippen LogP contribution in [0.4, 0.5) is 4.79 Å². The second-order valence-electron chi connectivity index (χ2n) is 4.60. The molecule has 2 amide bonds. The van der Waals surface area contributed by atoms with Gasteiger partial charge in [-0.1, -0.05) is 0 Å². The van der Waals surface area contributed by atoms with Gasteiger partial charge in [-0.2, -0.15) is 0 Å². The molecule has 2 aliphatic rings. The van der Waals surface area contributed by atoms with E-state index in [0.29, 0.717) is 12.1 Å². The molecule has 0 saturated carbocycles. The summed E-state index contributed by atoms with van der Waals surface area (Å²) in [4.78, 5) is 17.9. The van der Waals surface area contributed by atoms with E-state index in [1.165, 1.54) is 0 Å². The zero-order chi connectivity index (χ0) is 10.3. The van der Waals surface area contributed by atoms with Crippen LogP contribution in [0.2, 0.25) is 0 Å². The van der Waals surface area contributed by atoms with Crippen molar-refractivity contribution in [1.29, 1.82) is 0 Å². The summed E-state index contributed by atoms with van der Waals surface area (Å²) < 4.78 is 0. The molecular formula is C10H19N3O. The van der Waals surface area contributed by atoms with Gasteiger partial charge in [-0.3, -0.25) is 4.90 Å². The lowest BCUT2D eigenvalue weighted by atomic mass is 10.1. The highest BCUT2D eigenvalue weighted by Crippen LogP contribution is 2.20. The summed E-state index contributed by atoms with van der Waals surface area (Å²) in [5.74, 6) is 0. The van der Waals surface area contributed by atoms with E-state index < -0.39 is 0 Å². The van der Waals surface area contributed by atoms with Crippen molar-refractivity contribution < 1.29 is 4.79 Å². The second-order valence-corrected chi connectivity index (χ2v) is 4.60. The smallest absolute Gasteiger partial charge is 0.320 e. The maximum atomic E-state index is 11.6. The molecule has 0 bridgehead atoms. The van der Waals surface area contributed by atoms with Crippen molar-refractivity contribution in [2.24, 2.45) is 0 Å². The van der Waals surface area contributed by atoms with Crippen molar-refractivity contribution in [1.82, 2.24) is 14.7 Å². The number of carbonyl (C=O) groups is 1. The van der Waals surface area contributed by atoms with Gasteiger partial charge in [-0.25, -0.2) is 4.79 Å². The number of hydrogen-bond acceptors (Lipinski definition) is 2. The number of rotatable bonds is 1. The fraction of sp³-hybridized carbons (Fsp3) is 0.900. The van der Waals surface area contributed by atoms with Crippen molar-refractivity contribution in [2.45, 2.75) is 25.9 Å². The van der Waals surface area contributed by atoms with Gasteiger partial charge >= 0.3 is 6.03 Å².